The van der Waals surface area contributed by atoms with E-state index in [2.05, 4.69) is 37.4 Å². The fourth-order valence-electron chi connectivity index (χ4n) is 4.43. The van der Waals surface area contributed by atoms with Crippen molar-refractivity contribution in [1.82, 2.24) is 19.9 Å². The Bertz CT molecular complexity index is 1660. The molecular formula is C32H34Cl3N7O4. The third-order valence-electron chi connectivity index (χ3n) is 6.84. The normalized spacial score (nSPS) is 11.1. The zero-order chi connectivity index (χ0) is 33.1. The summed E-state index contributed by atoms with van der Waals surface area (Å²) in [4.78, 5) is 26.4. The zero-order valence-electron chi connectivity index (χ0n) is 25.5. The van der Waals surface area contributed by atoms with Crippen LogP contribution in [0.15, 0.2) is 67.1 Å². The lowest BCUT2D eigenvalue weighted by Gasteiger charge is -2.20. The first-order valence-electron chi connectivity index (χ1n) is 14.3. The molecule has 0 aliphatic rings. The molecule has 4 aromatic rings. The van der Waals surface area contributed by atoms with Gasteiger partial charge < -0.3 is 30.6 Å². The molecule has 0 unspecified atom stereocenters. The molecule has 0 amide bonds. The summed E-state index contributed by atoms with van der Waals surface area (Å²) in [6.07, 6.45) is 6.95. The van der Waals surface area contributed by atoms with Gasteiger partial charge in [-0.2, -0.15) is 0 Å². The molecule has 4 N–H and O–H groups in total. The molecule has 0 bridgehead atoms. The van der Waals surface area contributed by atoms with E-state index in [-0.39, 0.29) is 10.0 Å². The highest BCUT2D eigenvalue weighted by Gasteiger charge is 2.20. The topological polar surface area (TPSA) is 137 Å². The quantitative estimate of drug-likeness (QED) is 0.0620. The molecule has 2 heterocycles. The van der Waals surface area contributed by atoms with Gasteiger partial charge in [0.2, 0.25) is 5.24 Å². The van der Waals surface area contributed by atoms with Gasteiger partial charge in [0.1, 0.15) is 51.9 Å². The van der Waals surface area contributed by atoms with E-state index < -0.39 is 5.24 Å². The number of hydrogen-bond acceptors (Lipinski definition) is 11. The number of nitrogens with zero attached hydrogens (tertiary/aromatic N) is 4. The van der Waals surface area contributed by atoms with Crippen LogP contribution in [0.1, 0.15) is 13.3 Å². The van der Waals surface area contributed by atoms with Gasteiger partial charge >= 0.3 is 0 Å². The number of likely N-dealkylation sites (N-methyl/N-ethyl adjacent to an activating group) is 1. The summed E-state index contributed by atoms with van der Waals surface area (Å²) in [5.74, 6) is 2.39. The molecule has 0 spiro atoms. The molecule has 0 atom stereocenters. The van der Waals surface area contributed by atoms with Crippen LogP contribution in [-0.4, -0.2) is 65.6 Å². The summed E-state index contributed by atoms with van der Waals surface area (Å²) in [5, 5.41) is 6.54. The summed E-state index contributed by atoms with van der Waals surface area (Å²) >= 11 is 18.5. The molecule has 14 heteroatoms. The Hall–Kier alpha value is -4.29. The lowest BCUT2D eigenvalue weighted by Crippen LogP contribution is -2.29. The number of carbonyl (C=O) groups is 1. The van der Waals surface area contributed by atoms with Crippen molar-refractivity contribution in [3.63, 3.8) is 0 Å². The number of anilines is 5. The van der Waals surface area contributed by atoms with Crippen LogP contribution in [-0.2, 0) is 4.79 Å². The number of nitrogens with two attached hydrogens (primary N) is 1. The number of methoxy groups -OCH3 is 2. The van der Waals surface area contributed by atoms with Crippen molar-refractivity contribution in [3.05, 3.63) is 77.2 Å². The Kier molecular flexibility index (Phi) is 12.7. The van der Waals surface area contributed by atoms with E-state index in [1.54, 1.807) is 36.5 Å². The maximum absolute atomic E-state index is 10.8. The molecule has 0 saturated carbocycles. The molecule has 11 nitrogen and oxygen atoms in total. The highest BCUT2D eigenvalue weighted by atomic mass is 35.5. The third-order valence-corrected chi connectivity index (χ3v) is 7.71. The van der Waals surface area contributed by atoms with Crippen molar-refractivity contribution in [2.75, 3.05) is 56.8 Å². The summed E-state index contributed by atoms with van der Waals surface area (Å²) in [6.45, 7) is 4.92. The van der Waals surface area contributed by atoms with E-state index in [4.69, 9.17) is 54.7 Å². The number of benzene rings is 2. The van der Waals surface area contributed by atoms with Crippen LogP contribution >= 0.6 is 34.8 Å². The molecular weight excluding hydrogens is 653 g/mol. The van der Waals surface area contributed by atoms with E-state index in [1.807, 2.05) is 18.2 Å². The predicted octanol–water partition coefficient (Wildman–Crippen LogP) is 7.34. The van der Waals surface area contributed by atoms with Gasteiger partial charge in [-0.1, -0.05) is 36.2 Å². The second kappa shape index (κ2) is 16.9. The monoisotopic (exact) mass is 685 g/mol. The number of nitrogens with one attached hydrogen (secondary N) is 2. The number of carbonyl (C=O) groups excluding carboxylic acids is 1. The molecule has 2 aromatic carbocycles. The van der Waals surface area contributed by atoms with Crippen LogP contribution in [0.5, 0.6) is 17.2 Å². The van der Waals surface area contributed by atoms with Crippen LogP contribution in [0, 0.1) is 0 Å². The summed E-state index contributed by atoms with van der Waals surface area (Å²) in [7, 11) is 3.01. The van der Waals surface area contributed by atoms with Crippen molar-refractivity contribution in [2.24, 2.45) is 0 Å². The summed E-state index contributed by atoms with van der Waals surface area (Å²) in [5.41, 5.74) is 9.13. The van der Waals surface area contributed by atoms with Gasteiger partial charge in [0.25, 0.3) is 0 Å². The minimum atomic E-state index is -0.472. The zero-order valence-corrected chi connectivity index (χ0v) is 27.8. The van der Waals surface area contributed by atoms with Gasteiger partial charge in [0.05, 0.1) is 37.0 Å². The van der Waals surface area contributed by atoms with Crippen molar-refractivity contribution < 1.29 is 19.0 Å². The average molecular weight is 687 g/mol. The van der Waals surface area contributed by atoms with Crippen LogP contribution in [0.2, 0.25) is 10.0 Å². The molecule has 242 valence electrons. The van der Waals surface area contributed by atoms with Crippen LogP contribution in [0.25, 0.3) is 11.3 Å². The Morgan fingerprint density at radius 2 is 1.76 bits per heavy atom. The van der Waals surface area contributed by atoms with Crippen LogP contribution in [0.4, 0.5) is 28.7 Å². The van der Waals surface area contributed by atoms with Crippen LogP contribution in [0.3, 0.4) is 0 Å². The summed E-state index contributed by atoms with van der Waals surface area (Å²) in [6, 6.07) is 12.5. The number of pyridine rings is 1. The Balaban J connectivity index is 1.45. The predicted molar refractivity (Wildman–Crippen MR) is 184 cm³/mol. The fraction of sp³-hybridized carbons (Fsp3) is 0.250. The lowest BCUT2D eigenvalue weighted by molar-refractivity contribution is -0.107. The molecule has 4 rings (SSSR count). The van der Waals surface area contributed by atoms with Crippen molar-refractivity contribution in [3.8, 4) is 28.5 Å². The summed E-state index contributed by atoms with van der Waals surface area (Å²) < 4.78 is 16.7. The van der Waals surface area contributed by atoms with Gasteiger partial charge in [0.15, 0.2) is 0 Å². The van der Waals surface area contributed by atoms with E-state index in [1.165, 1.54) is 26.6 Å². The first-order chi connectivity index (χ1) is 22.2. The Morgan fingerprint density at radius 3 is 2.43 bits per heavy atom. The molecule has 0 aliphatic heterocycles. The standard InChI is InChI=1S/C32H34Cl3N7O4/c1-4-42(13-6-5-9-27(33)43)14-15-46-20-10-11-23(22(36)16-20)40-28-17-24(38-19-39-28)21-8-7-12-37-32(21)41-31-29(34)25(44-2)18-26(45-3)30(31)35/h5,7-12,16-19H,4,6,13-15,36H2,1-3H3,(H,37,41)(H,38,39,40)/b9-5-. The molecule has 0 fully saturated rings. The van der Waals surface area contributed by atoms with E-state index in [0.29, 0.717) is 63.8 Å². The van der Waals surface area contributed by atoms with Gasteiger partial charge in [-0.15, -0.1) is 0 Å². The van der Waals surface area contributed by atoms with Gasteiger partial charge in [-0.3, -0.25) is 9.69 Å². The van der Waals surface area contributed by atoms with Crippen molar-refractivity contribution >= 4 is 68.7 Å². The smallest absolute Gasteiger partial charge is 0.244 e. The SMILES string of the molecule is CCN(CC/C=C\C(=O)Cl)CCOc1ccc(Nc2cc(-c3cccnc3Nc3c(Cl)c(OC)cc(OC)c3Cl)ncn2)c(N)c1. The second-order valence-electron chi connectivity index (χ2n) is 9.75. The largest absolute Gasteiger partial charge is 0.495 e. The number of ether oxygens (including phenoxy) is 3. The number of halogens is 3. The number of aromatic nitrogens is 3. The van der Waals surface area contributed by atoms with Gasteiger partial charge in [0, 0.05) is 43.0 Å². The third kappa shape index (κ3) is 9.13. The number of nitrogen functional groups attached to an aromatic ring is 1. The first-order valence-corrected chi connectivity index (χ1v) is 15.4. The van der Waals surface area contributed by atoms with E-state index in [0.717, 1.165) is 26.1 Å². The highest BCUT2D eigenvalue weighted by molar-refractivity contribution is 6.66. The fourth-order valence-corrected chi connectivity index (χ4v) is 5.12. The lowest BCUT2D eigenvalue weighted by atomic mass is 10.1. The minimum Gasteiger partial charge on any atom is -0.495 e. The maximum Gasteiger partial charge on any atom is 0.244 e. The maximum atomic E-state index is 10.8. The molecule has 2 aromatic heterocycles. The van der Waals surface area contributed by atoms with E-state index in [9.17, 15) is 4.79 Å². The van der Waals surface area contributed by atoms with Gasteiger partial charge in [-0.05, 0) is 54.9 Å². The first kappa shape index (κ1) is 34.6. The van der Waals surface area contributed by atoms with E-state index >= 15 is 0 Å². The number of allylic oxidation sites excluding steroid dienone is 1. The van der Waals surface area contributed by atoms with Crippen molar-refractivity contribution in [1.29, 1.82) is 0 Å². The van der Waals surface area contributed by atoms with Gasteiger partial charge in [-0.25, -0.2) is 15.0 Å². The average Bonchev–Trinajstić information content (AvgIpc) is 3.05. The Labute approximate surface area is 282 Å². The second-order valence-corrected chi connectivity index (χ2v) is 10.9. The molecule has 0 radical (unpaired) electrons. The molecule has 0 saturated heterocycles. The van der Waals surface area contributed by atoms with Crippen LogP contribution < -0.4 is 30.6 Å². The Morgan fingerprint density at radius 1 is 1.00 bits per heavy atom. The minimum absolute atomic E-state index is 0.273. The highest BCUT2D eigenvalue weighted by Crippen LogP contribution is 2.45. The number of rotatable bonds is 16. The molecule has 0 aliphatic carbocycles. The molecule has 46 heavy (non-hydrogen) atoms. The van der Waals surface area contributed by atoms with Crippen molar-refractivity contribution in [2.45, 2.75) is 13.3 Å². The number of hydrogen-bond donors (Lipinski definition) is 3.